The minimum atomic E-state index is 0.137. The first-order valence-corrected chi connectivity index (χ1v) is 6.91. The average molecular weight is 324 g/mol. The number of halogens is 1. The Morgan fingerprint density at radius 3 is 3.00 bits per heavy atom. The van der Waals surface area contributed by atoms with Crippen molar-refractivity contribution in [3.05, 3.63) is 34.5 Å². The van der Waals surface area contributed by atoms with Crippen LogP contribution in [0.25, 0.3) is 0 Å². The van der Waals surface area contributed by atoms with Gasteiger partial charge in [0, 0.05) is 11.4 Å². The van der Waals surface area contributed by atoms with Crippen LogP contribution >= 0.6 is 15.9 Å². The molecule has 0 aliphatic carbocycles. The van der Waals surface area contributed by atoms with Gasteiger partial charge >= 0.3 is 0 Å². The predicted octanol–water partition coefficient (Wildman–Crippen LogP) is 2.93. The zero-order valence-electron chi connectivity index (χ0n) is 10.8. The average Bonchev–Trinajstić information content (AvgIpc) is 2.76. The molecule has 2 aromatic rings. The van der Waals surface area contributed by atoms with E-state index in [1.807, 2.05) is 18.2 Å². The first-order valence-electron chi connectivity index (χ1n) is 6.12. The lowest BCUT2D eigenvalue weighted by Crippen LogP contribution is -2.38. The highest BCUT2D eigenvalue weighted by Crippen LogP contribution is 2.36. The number of fused-ring (bicyclic) bond motifs is 1. The number of rotatable bonds is 2. The molecule has 0 unspecified atom stereocenters. The van der Waals surface area contributed by atoms with Crippen molar-refractivity contribution in [2.24, 2.45) is 0 Å². The SMILES string of the molecule is Cc1nnc(CN2C[C@H](C)Oc3ccc(Br)cc32)o1. The fourth-order valence-electron chi connectivity index (χ4n) is 2.21. The van der Waals surface area contributed by atoms with Gasteiger partial charge in [0.15, 0.2) is 0 Å². The topological polar surface area (TPSA) is 51.4 Å². The van der Waals surface area contributed by atoms with E-state index >= 15 is 0 Å². The Morgan fingerprint density at radius 1 is 1.42 bits per heavy atom. The lowest BCUT2D eigenvalue weighted by molar-refractivity contribution is 0.210. The standard InChI is InChI=1S/C13H14BrN3O2/c1-8-6-17(7-13-16-15-9(2)19-13)11-5-10(14)3-4-12(11)18-8/h3-5,8H,6-7H2,1-2H3/t8-/m0/s1. The van der Waals surface area contributed by atoms with Gasteiger partial charge in [0.1, 0.15) is 11.9 Å². The highest BCUT2D eigenvalue weighted by Gasteiger charge is 2.24. The highest BCUT2D eigenvalue weighted by molar-refractivity contribution is 9.10. The van der Waals surface area contributed by atoms with E-state index in [-0.39, 0.29) is 6.10 Å². The molecular weight excluding hydrogens is 310 g/mol. The van der Waals surface area contributed by atoms with Crippen molar-refractivity contribution < 1.29 is 9.15 Å². The summed E-state index contributed by atoms with van der Waals surface area (Å²) in [4.78, 5) is 2.20. The van der Waals surface area contributed by atoms with E-state index in [4.69, 9.17) is 9.15 Å². The van der Waals surface area contributed by atoms with E-state index in [9.17, 15) is 0 Å². The van der Waals surface area contributed by atoms with Crippen LogP contribution < -0.4 is 9.64 Å². The quantitative estimate of drug-likeness (QED) is 0.850. The number of hydrogen-bond acceptors (Lipinski definition) is 5. The molecule has 3 rings (SSSR count). The minimum absolute atomic E-state index is 0.137. The highest BCUT2D eigenvalue weighted by atomic mass is 79.9. The summed E-state index contributed by atoms with van der Waals surface area (Å²) in [6, 6.07) is 6.00. The van der Waals surface area contributed by atoms with E-state index in [1.54, 1.807) is 6.92 Å². The third-order valence-corrected chi connectivity index (χ3v) is 3.45. The molecule has 0 fully saturated rings. The molecule has 1 aliphatic rings. The summed E-state index contributed by atoms with van der Waals surface area (Å²) in [7, 11) is 0. The molecule has 0 radical (unpaired) electrons. The number of aromatic nitrogens is 2. The van der Waals surface area contributed by atoms with Gasteiger partial charge in [-0.3, -0.25) is 0 Å². The van der Waals surface area contributed by atoms with Crippen LogP contribution in [0.15, 0.2) is 27.1 Å². The first-order chi connectivity index (χ1) is 9.11. The van der Waals surface area contributed by atoms with E-state index in [1.165, 1.54) is 0 Å². The summed E-state index contributed by atoms with van der Waals surface area (Å²) in [5, 5.41) is 7.91. The van der Waals surface area contributed by atoms with Crippen molar-refractivity contribution in [1.82, 2.24) is 10.2 Å². The van der Waals surface area contributed by atoms with Crippen LogP contribution in [-0.2, 0) is 6.54 Å². The smallest absolute Gasteiger partial charge is 0.235 e. The maximum absolute atomic E-state index is 5.83. The fraction of sp³-hybridized carbons (Fsp3) is 0.385. The number of hydrogen-bond donors (Lipinski definition) is 0. The molecule has 0 amide bonds. The Morgan fingerprint density at radius 2 is 2.26 bits per heavy atom. The maximum atomic E-state index is 5.83. The van der Waals surface area contributed by atoms with Crippen molar-refractivity contribution in [3.63, 3.8) is 0 Å². The summed E-state index contributed by atoms with van der Waals surface area (Å²) in [5.74, 6) is 2.10. The zero-order chi connectivity index (χ0) is 13.4. The molecule has 0 spiro atoms. The Balaban J connectivity index is 1.91. The molecule has 0 saturated heterocycles. The van der Waals surface area contributed by atoms with Crippen molar-refractivity contribution >= 4 is 21.6 Å². The summed E-state index contributed by atoms with van der Waals surface area (Å²) in [6.45, 7) is 5.24. The summed E-state index contributed by atoms with van der Waals surface area (Å²) in [6.07, 6.45) is 0.137. The molecule has 5 nitrogen and oxygen atoms in total. The second kappa shape index (κ2) is 4.85. The number of anilines is 1. The first kappa shape index (κ1) is 12.5. The van der Waals surface area contributed by atoms with Crippen LogP contribution in [0.2, 0.25) is 0 Å². The Kier molecular flexibility index (Phi) is 3.18. The largest absolute Gasteiger partial charge is 0.487 e. The Labute approximate surface area is 119 Å². The van der Waals surface area contributed by atoms with Crippen LogP contribution in [-0.4, -0.2) is 22.8 Å². The summed E-state index contributed by atoms with van der Waals surface area (Å²) in [5.41, 5.74) is 1.04. The monoisotopic (exact) mass is 323 g/mol. The molecule has 1 atom stereocenters. The number of nitrogens with zero attached hydrogens (tertiary/aromatic N) is 3. The molecule has 1 aliphatic heterocycles. The molecule has 1 aromatic carbocycles. The van der Waals surface area contributed by atoms with Gasteiger partial charge in [-0.05, 0) is 25.1 Å². The van der Waals surface area contributed by atoms with Gasteiger partial charge in [-0.15, -0.1) is 10.2 Å². The molecule has 2 heterocycles. The minimum Gasteiger partial charge on any atom is -0.487 e. The lowest BCUT2D eigenvalue weighted by Gasteiger charge is -2.34. The second-order valence-corrected chi connectivity index (χ2v) is 5.55. The normalized spacial score (nSPS) is 18.1. The molecule has 19 heavy (non-hydrogen) atoms. The van der Waals surface area contributed by atoms with Crippen LogP contribution in [0, 0.1) is 6.92 Å². The van der Waals surface area contributed by atoms with Gasteiger partial charge in [0.05, 0.1) is 18.8 Å². The summed E-state index contributed by atoms with van der Waals surface area (Å²) >= 11 is 3.49. The van der Waals surface area contributed by atoms with Gasteiger partial charge in [-0.25, -0.2) is 0 Å². The van der Waals surface area contributed by atoms with Crippen molar-refractivity contribution in [3.8, 4) is 5.75 Å². The van der Waals surface area contributed by atoms with Crippen LogP contribution in [0.3, 0.4) is 0 Å². The molecular formula is C13H14BrN3O2. The number of aryl methyl sites for hydroxylation is 1. The van der Waals surface area contributed by atoms with Crippen LogP contribution in [0.5, 0.6) is 5.75 Å². The van der Waals surface area contributed by atoms with Gasteiger partial charge in [0.25, 0.3) is 0 Å². The van der Waals surface area contributed by atoms with Gasteiger partial charge in [-0.2, -0.15) is 0 Å². The molecule has 0 bridgehead atoms. The molecule has 100 valence electrons. The van der Waals surface area contributed by atoms with Gasteiger partial charge in [0.2, 0.25) is 11.8 Å². The predicted molar refractivity (Wildman–Crippen MR) is 74.3 cm³/mol. The second-order valence-electron chi connectivity index (χ2n) is 4.64. The third kappa shape index (κ3) is 2.58. The zero-order valence-corrected chi connectivity index (χ0v) is 12.3. The molecule has 0 saturated carbocycles. The molecule has 1 aromatic heterocycles. The fourth-order valence-corrected chi connectivity index (χ4v) is 2.56. The van der Waals surface area contributed by atoms with Gasteiger partial charge in [-0.1, -0.05) is 15.9 Å². The van der Waals surface area contributed by atoms with Crippen LogP contribution in [0.1, 0.15) is 18.7 Å². The van der Waals surface area contributed by atoms with Gasteiger partial charge < -0.3 is 14.1 Å². The third-order valence-electron chi connectivity index (χ3n) is 2.96. The van der Waals surface area contributed by atoms with Crippen LogP contribution in [0.4, 0.5) is 5.69 Å². The van der Waals surface area contributed by atoms with Crippen molar-refractivity contribution in [2.75, 3.05) is 11.4 Å². The van der Waals surface area contributed by atoms with E-state index in [0.717, 1.165) is 22.5 Å². The van der Waals surface area contributed by atoms with E-state index < -0.39 is 0 Å². The number of benzene rings is 1. The molecule has 0 N–H and O–H groups in total. The van der Waals surface area contributed by atoms with Crippen molar-refractivity contribution in [2.45, 2.75) is 26.5 Å². The van der Waals surface area contributed by atoms with E-state index in [2.05, 4.69) is 38.0 Å². The van der Waals surface area contributed by atoms with Crippen molar-refractivity contribution in [1.29, 1.82) is 0 Å². The Hall–Kier alpha value is -1.56. The molecule has 6 heteroatoms. The Bertz CT molecular complexity index is 599. The van der Waals surface area contributed by atoms with E-state index in [0.29, 0.717) is 18.3 Å². The maximum Gasteiger partial charge on any atom is 0.235 e. The summed E-state index contributed by atoms with van der Waals surface area (Å²) < 4.78 is 12.3. The lowest BCUT2D eigenvalue weighted by atomic mass is 10.2. The number of ether oxygens (including phenoxy) is 1.